The number of sulfonamides is 1. The molecule has 0 spiro atoms. The van der Waals surface area contributed by atoms with E-state index < -0.39 is 16.0 Å². The molecule has 0 aliphatic carbocycles. The van der Waals surface area contributed by atoms with Crippen LogP contribution in [0.15, 0.2) is 16.3 Å². The van der Waals surface area contributed by atoms with Gasteiger partial charge in [-0.2, -0.15) is 4.31 Å². The van der Waals surface area contributed by atoms with Gasteiger partial charge in [0.2, 0.25) is 5.91 Å². The first-order valence-corrected chi connectivity index (χ1v) is 14.6. The fourth-order valence-corrected chi connectivity index (χ4v) is 8.78. The summed E-state index contributed by atoms with van der Waals surface area (Å²) in [4.78, 5) is 29.1. The minimum Gasteiger partial charge on any atom is -0.465 e. The lowest BCUT2D eigenvalue weighted by Gasteiger charge is -2.30. The average Bonchev–Trinajstić information content (AvgIpc) is 3.41. The van der Waals surface area contributed by atoms with Gasteiger partial charge in [0.25, 0.3) is 10.0 Å². The largest absolute Gasteiger partial charge is 0.465 e. The molecule has 0 unspecified atom stereocenters. The molecule has 0 aromatic carbocycles. The molecule has 2 aromatic heterocycles. The summed E-state index contributed by atoms with van der Waals surface area (Å²) in [6, 6.07) is 3.47. The van der Waals surface area contributed by atoms with Crippen molar-refractivity contribution in [1.29, 1.82) is 0 Å². The normalized spacial score (nSPS) is 18.1. The highest BCUT2D eigenvalue weighted by atomic mass is 35.5. The molecule has 1 amide bonds. The number of piperidine rings is 1. The number of rotatable bonds is 6. The number of hydrogen-bond acceptors (Lipinski definition) is 8. The summed E-state index contributed by atoms with van der Waals surface area (Å²) in [6.45, 7) is 6.38. The number of anilines is 1. The molecule has 0 bridgehead atoms. The number of carbonyl (C=O) groups excluding carboxylic acids is 2. The maximum atomic E-state index is 13.1. The predicted octanol–water partition coefficient (Wildman–Crippen LogP) is 4.06. The Labute approximate surface area is 212 Å². The van der Waals surface area contributed by atoms with Gasteiger partial charge in [-0.3, -0.25) is 9.69 Å². The van der Waals surface area contributed by atoms with Gasteiger partial charge in [-0.15, -0.1) is 22.7 Å². The molecule has 2 aromatic rings. The van der Waals surface area contributed by atoms with Gasteiger partial charge in [0.1, 0.15) is 9.21 Å². The number of thiophene rings is 2. The first-order chi connectivity index (χ1) is 16.1. The van der Waals surface area contributed by atoms with Crippen molar-refractivity contribution in [2.24, 2.45) is 5.92 Å². The molecule has 34 heavy (non-hydrogen) atoms. The number of ether oxygens (including phenoxy) is 1. The molecule has 1 saturated heterocycles. The van der Waals surface area contributed by atoms with Crippen molar-refractivity contribution in [3.8, 4) is 0 Å². The summed E-state index contributed by atoms with van der Waals surface area (Å²) in [5.74, 6) is -0.975. The van der Waals surface area contributed by atoms with Gasteiger partial charge in [0.05, 0.1) is 17.0 Å². The zero-order valence-electron chi connectivity index (χ0n) is 19.3. The topological polar surface area (TPSA) is 96.0 Å². The molecule has 1 fully saturated rings. The van der Waals surface area contributed by atoms with Crippen molar-refractivity contribution < 1.29 is 22.7 Å². The van der Waals surface area contributed by atoms with E-state index >= 15 is 0 Å². The lowest BCUT2D eigenvalue weighted by Crippen LogP contribution is -2.41. The van der Waals surface area contributed by atoms with Crippen LogP contribution in [0.25, 0.3) is 0 Å². The van der Waals surface area contributed by atoms with E-state index in [1.807, 2.05) is 0 Å². The SMILES string of the molecule is COC(=O)c1c(NC(=O)C2CCN(S(=O)(=O)c3ccc(Cl)s3)CC2)sc2c1CCN(C(C)C)C2. The van der Waals surface area contributed by atoms with E-state index in [2.05, 4.69) is 24.1 Å². The van der Waals surface area contributed by atoms with Crippen LogP contribution in [0.2, 0.25) is 4.34 Å². The Kier molecular flexibility index (Phi) is 7.70. The Hall–Kier alpha value is -1.50. The Balaban J connectivity index is 1.46. The molecular formula is C22H28ClN3O5S3. The Morgan fingerprint density at radius 2 is 1.88 bits per heavy atom. The molecule has 8 nitrogen and oxygen atoms in total. The van der Waals surface area contributed by atoms with Crippen LogP contribution >= 0.6 is 34.3 Å². The summed E-state index contributed by atoms with van der Waals surface area (Å²) in [7, 11) is -2.27. The van der Waals surface area contributed by atoms with Gasteiger partial charge >= 0.3 is 5.97 Å². The van der Waals surface area contributed by atoms with E-state index in [0.717, 1.165) is 41.3 Å². The van der Waals surface area contributed by atoms with E-state index in [9.17, 15) is 18.0 Å². The number of carbonyl (C=O) groups is 2. The van der Waals surface area contributed by atoms with Crippen molar-refractivity contribution in [2.75, 3.05) is 32.1 Å². The number of fused-ring (bicyclic) bond motifs is 1. The van der Waals surface area contributed by atoms with Crippen LogP contribution in [-0.2, 0) is 32.5 Å². The third kappa shape index (κ3) is 5.05. The molecule has 4 heterocycles. The van der Waals surface area contributed by atoms with Crippen LogP contribution in [0.5, 0.6) is 0 Å². The average molecular weight is 546 g/mol. The monoisotopic (exact) mass is 545 g/mol. The van der Waals surface area contributed by atoms with Crippen LogP contribution in [0.4, 0.5) is 5.00 Å². The standard InChI is InChI=1S/C22H28ClN3O5S3/c1-13(2)25-9-8-15-16(12-25)32-21(19(15)22(28)31-3)24-20(27)14-6-10-26(11-7-14)34(29,30)18-5-4-17(23)33-18/h4-5,13-14H,6-12H2,1-3H3,(H,24,27). The smallest absolute Gasteiger partial charge is 0.341 e. The molecule has 12 heteroatoms. The van der Waals surface area contributed by atoms with Crippen LogP contribution in [-0.4, -0.2) is 62.3 Å². The Morgan fingerprint density at radius 1 is 1.18 bits per heavy atom. The molecule has 0 saturated carbocycles. The Bertz CT molecular complexity index is 1180. The quantitative estimate of drug-likeness (QED) is 0.550. The van der Waals surface area contributed by atoms with E-state index in [1.54, 1.807) is 6.07 Å². The Morgan fingerprint density at radius 3 is 2.47 bits per heavy atom. The lowest BCUT2D eigenvalue weighted by molar-refractivity contribution is -0.120. The maximum absolute atomic E-state index is 13.1. The third-order valence-corrected chi connectivity index (χ3v) is 11.1. The zero-order chi connectivity index (χ0) is 24.6. The van der Waals surface area contributed by atoms with Crippen LogP contribution in [0.1, 0.15) is 47.5 Å². The molecule has 186 valence electrons. The molecular weight excluding hydrogens is 518 g/mol. The van der Waals surface area contributed by atoms with Crippen molar-refractivity contribution >= 4 is 61.2 Å². The number of amides is 1. The molecule has 1 N–H and O–H groups in total. The lowest BCUT2D eigenvalue weighted by atomic mass is 9.97. The second-order valence-electron chi connectivity index (χ2n) is 8.74. The summed E-state index contributed by atoms with van der Waals surface area (Å²) >= 11 is 8.36. The summed E-state index contributed by atoms with van der Waals surface area (Å²) < 4.78 is 32.7. The number of hydrogen-bond donors (Lipinski definition) is 1. The number of esters is 1. The van der Waals surface area contributed by atoms with Gasteiger partial charge in [-0.25, -0.2) is 13.2 Å². The fourth-order valence-electron chi connectivity index (χ4n) is 4.41. The highest BCUT2D eigenvalue weighted by Crippen LogP contribution is 2.39. The van der Waals surface area contributed by atoms with Crippen LogP contribution < -0.4 is 5.32 Å². The second kappa shape index (κ2) is 10.2. The highest BCUT2D eigenvalue weighted by molar-refractivity contribution is 7.91. The molecule has 0 radical (unpaired) electrons. The predicted molar refractivity (Wildman–Crippen MR) is 134 cm³/mol. The number of nitrogens with one attached hydrogen (secondary N) is 1. The first kappa shape index (κ1) is 25.6. The molecule has 2 aliphatic rings. The minimum atomic E-state index is -3.61. The second-order valence-corrected chi connectivity index (χ2v) is 13.7. The van der Waals surface area contributed by atoms with Crippen molar-refractivity contribution in [2.45, 2.75) is 49.9 Å². The number of halogens is 1. The third-order valence-electron chi connectivity index (χ3n) is 6.41. The van der Waals surface area contributed by atoms with Gasteiger partial charge < -0.3 is 10.1 Å². The van der Waals surface area contributed by atoms with Crippen LogP contribution in [0, 0.1) is 5.92 Å². The van der Waals surface area contributed by atoms with E-state index in [4.69, 9.17) is 16.3 Å². The number of methoxy groups -OCH3 is 1. The van der Waals surface area contributed by atoms with E-state index in [-0.39, 0.29) is 29.1 Å². The first-order valence-electron chi connectivity index (χ1n) is 11.1. The van der Waals surface area contributed by atoms with Crippen molar-refractivity contribution in [3.63, 3.8) is 0 Å². The van der Waals surface area contributed by atoms with Gasteiger partial charge in [-0.1, -0.05) is 11.6 Å². The summed E-state index contributed by atoms with van der Waals surface area (Å²) in [5.41, 5.74) is 1.41. The van der Waals surface area contributed by atoms with Crippen molar-refractivity contribution in [1.82, 2.24) is 9.21 Å². The van der Waals surface area contributed by atoms with Crippen LogP contribution in [0.3, 0.4) is 0 Å². The fraction of sp³-hybridized carbons (Fsp3) is 0.545. The van der Waals surface area contributed by atoms with Gasteiger partial charge in [0.15, 0.2) is 0 Å². The molecule has 0 atom stereocenters. The van der Waals surface area contributed by atoms with E-state index in [1.165, 1.54) is 28.8 Å². The van der Waals surface area contributed by atoms with E-state index in [0.29, 0.717) is 33.8 Å². The minimum absolute atomic E-state index is 0.194. The molecule has 4 rings (SSSR count). The van der Waals surface area contributed by atoms with Gasteiger partial charge in [0, 0.05) is 43.0 Å². The zero-order valence-corrected chi connectivity index (χ0v) is 22.5. The summed E-state index contributed by atoms with van der Waals surface area (Å²) in [6.07, 6.45) is 1.54. The molecule has 2 aliphatic heterocycles. The van der Waals surface area contributed by atoms with Gasteiger partial charge in [-0.05, 0) is 50.8 Å². The number of nitrogens with zero attached hydrogens (tertiary/aromatic N) is 2. The van der Waals surface area contributed by atoms with Crippen molar-refractivity contribution in [3.05, 3.63) is 32.5 Å². The maximum Gasteiger partial charge on any atom is 0.341 e. The summed E-state index contributed by atoms with van der Waals surface area (Å²) in [5, 5.41) is 3.49. The highest BCUT2D eigenvalue weighted by Gasteiger charge is 2.35.